The fourth-order valence-corrected chi connectivity index (χ4v) is 2.94. The number of ether oxygens (including phenoxy) is 1. The SMILES string of the molecule is CC/C=C/[C@@H]1C[C@H](Cl)C[C@H](CCc2ccccc2)O1. The van der Waals surface area contributed by atoms with Crippen molar-refractivity contribution in [2.45, 2.75) is 56.6 Å². The monoisotopic (exact) mass is 278 g/mol. The first kappa shape index (κ1) is 14.6. The molecule has 104 valence electrons. The van der Waals surface area contributed by atoms with Crippen LogP contribution >= 0.6 is 11.6 Å². The molecule has 3 atom stereocenters. The largest absolute Gasteiger partial charge is 0.371 e. The van der Waals surface area contributed by atoms with Crippen LogP contribution in [0.1, 0.15) is 38.2 Å². The van der Waals surface area contributed by atoms with Crippen molar-refractivity contribution in [2.75, 3.05) is 0 Å². The number of alkyl halides is 1. The lowest BCUT2D eigenvalue weighted by Gasteiger charge is -2.31. The van der Waals surface area contributed by atoms with E-state index in [0.29, 0.717) is 6.10 Å². The quantitative estimate of drug-likeness (QED) is 0.558. The summed E-state index contributed by atoms with van der Waals surface area (Å²) in [6, 6.07) is 10.6. The van der Waals surface area contributed by atoms with E-state index < -0.39 is 0 Å². The van der Waals surface area contributed by atoms with Gasteiger partial charge in [0, 0.05) is 5.38 Å². The minimum absolute atomic E-state index is 0.206. The van der Waals surface area contributed by atoms with E-state index in [1.807, 2.05) is 0 Å². The topological polar surface area (TPSA) is 9.23 Å². The molecule has 0 spiro atoms. The third-order valence-corrected chi connectivity index (χ3v) is 3.91. The van der Waals surface area contributed by atoms with Gasteiger partial charge in [0.25, 0.3) is 0 Å². The summed E-state index contributed by atoms with van der Waals surface area (Å²) in [5.74, 6) is 0. The first-order valence-electron chi connectivity index (χ1n) is 7.28. The molecule has 1 aromatic rings. The second-order valence-corrected chi connectivity index (χ2v) is 5.84. The van der Waals surface area contributed by atoms with Crippen molar-refractivity contribution in [2.24, 2.45) is 0 Å². The van der Waals surface area contributed by atoms with Crippen LogP contribution in [0.5, 0.6) is 0 Å². The summed E-state index contributed by atoms with van der Waals surface area (Å²) in [5.41, 5.74) is 1.38. The van der Waals surface area contributed by atoms with E-state index in [0.717, 1.165) is 32.1 Å². The van der Waals surface area contributed by atoms with Crippen LogP contribution < -0.4 is 0 Å². The first-order valence-corrected chi connectivity index (χ1v) is 7.71. The van der Waals surface area contributed by atoms with E-state index in [4.69, 9.17) is 16.3 Å². The predicted octanol–water partition coefficient (Wildman–Crippen LogP) is 4.74. The lowest BCUT2D eigenvalue weighted by Crippen LogP contribution is -2.32. The highest BCUT2D eigenvalue weighted by molar-refractivity contribution is 6.20. The van der Waals surface area contributed by atoms with Gasteiger partial charge in [0.05, 0.1) is 12.2 Å². The average Bonchev–Trinajstić information content (AvgIpc) is 2.43. The molecule has 0 radical (unpaired) electrons. The maximum Gasteiger partial charge on any atom is 0.0773 e. The predicted molar refractivity (Wildman–Crippen MR) is 81.7 cm³/mol. The Morgan fingerprint density at radius 3 is 2.79 bits per heavy atom. The molecule has 1 heterocycles. The number of benzene rings is 1. The lowest BCUT2D eigenvalue weighted by atomic mass is 9.98. The highest BCUT2D eigenvalue weighted by Gasteiger charge is 2.26. The third kappa shape index (κ3) is 5.00. The van der Waals surface area contributed by atoms with Crippen molar-refractivity contribution in [3.05, 3.63) is 48.0 Å². The van der Waals surface area contributed by atoms with Crippen molar-refractivity contribution >= 4 is 11.6 Å². The summed E-state index contributed by atoms with van der Waals surface area (Å²) in [4.78, 5) is 0. The van der Waals surface area contributed by atoms with Gasteiger partial charge in [0.15, 0.2) is 0 Å². The minimum Gasteiger partial charge on any atom is -0.371 e. The zero-order valence-corrected chi connectivity index (χ0v) is 12.4. The van der Waals surface area contributed by atoms with Crippen molar-refractivity contribution in [3.63, 3.8) is 0 Å². The molecule has 1 aliphatic heterocycles. The standard InChI is InChI=1S/C17H23ClO/c1-2-3-9-16-12-15(18)13-17(19-16)11-10-14-7-5-4-6-8-14/h3-9,15-17H,2,10-13H2,1H3/b9-3+/t15-,16+,17-/m0/s1. The molecule has 2 heteroatoms. The molecule has 0 unspecified atom stereocenters. The van der Waals surface area contributed by atoms with E-state index in [1.165, 1.54) is 5.56 Å². The molecule has 1 saturated heterocycles. The molecule has 19 heavy (non-hydrogen) atoms. The van der Waals surface area contributed by atoms with Gasteiger partial charge in [-0.2, -0.15) is 0 Å². The van der Waals surface area contributed by atoms with Crippen LogP contribution in [-0.4, -0.2) is 17.6 Å². The molecule has 2 rings (SSSR count). The van der Waals surface area contributed by atoms with Crippen molar-refractivity contribution < 1.29 is 4.74 Å². The number of hydrogen-bond donors (Lipinski definition) is 0. The van der Waals surface area contributed by atoms with E-state index in [-0.39, 0.29) is 11.5 Å². The Balaban J connectivity index is 1.84. The van der Waals surface area contributed by atoms with Crippen LogP contribution in [-0.2, 0) is 11.2 Å². The summed E-state index contributed by atoms with van der Waals surface area (Å²) in [5, 5.41) is 0.251. The van der Waals surface area contributed by atoms with E-state index in [9.17, 15) is 0 Å². The van der Waals surface area contributed by atoms with Crippen molar-refractivity contribution in [3.8, 4) is 0 Å². The molecule has 0 saturated carbocycles. The van der Waals surface area contributed by atoms with E-state index in [1.54, 1.807) is 0 Å². The second kappa shape index (κ2) is 7.72. The molecule has 0 aromatic heterocycles. The molecule has 0 N–H and O–H groups in total. The summed E-state index contributed by atoms with van der Waals surface area (Å²) >= 11 is 6.35. The Labute approximate surface area is 121 Å². The molecule has 0 bridgehead atoms. The number of rotatable bonds is 5. The van der Waals surface area contributed by atoms with Crippen molar-refractivity contribution in [1.29, 1.82) is 0 Å². The van der Waals surface area contributed by atoms with E-state index in [2.05, 4.69) is 49.4 Å². The van der Waals surface area contributed by atoms with Gasteiger partial charge in [-0.25, -0.2) is 0 Å². The average molecular weight is 279 g/mol. The fraction of sp³-hybridized carbons (Fsp3) is 0.529. The fourth-order valence-electron chi connectivity index (χ4n) is 2.56. The van der Waals surface area contributed by atoms with Gasteiger partial charge in [-0.1, -0.05) is 49.4 Å². The van der Waals surface area contributed by atoms with Gasteiger partial charge in [-0.15, -0.1) is 11.6 Å². The van der Waals surface area contributed by atoms with Crippen LogP contribution in [0.25, 0.3) is 0 Å². The number of halogens is 1. The maximum atomic E-state index is 6.35. The van der Waals surface area contributed by atoms with Gasteiger partial charge in [-0.05, 0) is 37.7 Å². The van der Waals surface area contributed by atoms with Gasteiger partial charge in [0.2, 0.25) is 0 Å². The third-order valence-electron chi connectivity index (χ3n) is 3.56. The van der Waals surface area contributed by atoms with Gasteiger partial charge < -0.3 is 4.74 Å². The summed E-state index contributed by atoms with van der Waals surface area (Å²) in [6.07, 6.45) is 9.95. The van der Waals surface area contributed by atoms with Crippen LogP contribution in [0.4, 0.5) is 0 Å². The van der Waals surface area contributed by atoms with Crippen LogP contribution in [0.2, 0.25) is 0 Å². The molecule has 1 nitrogen and oxygen atoms in total. The van der Waals surface area contributed by atoms with Crippen LogP contribution in [0.3, 0.4) is 0 Å². The Kier molecular flexibility index (Phi) is 5.93. The Morgan fingerprint density at radius 1 is 1.26 bits per heavy atom. The zero-order valence-electron chi connectivity index (χ0n) is 11.6. The smallest absolute Gasteiger partial charge is 0.0773 e. The van der Waals surface area contributed by atoms with Gasteiger partial charge >= 0.3 is 0 Å². The lowest BCUT2D eigenvalue weighted by molar-refractivity contribution is -0.0269. The molecule has 0 amide bonds. The van der Waals surface area contributed by atoms with E-state index >= 15 is 0 Å². The second-order valence-electron chi connectivity index (χ2n) is 5.23. The number of hydrogen-bond acceptors (Lipinski definition) is 1. The molecular weight excluding hydrogens is 256 g/mol. The minimum atomic E-state index is 0.206. The zero-order chi connectivity index (χ0) is 13.5. The maximum absolute atomic E-state index is 6.35. The van der Waals surface area contributed by atoms with Gasteiger partial charge in [-0.3, -0.25) is 0 Å². The summed E-state index contributed by atoms with van der Waals surface area (Å²) < 4.78 is 6.11. The normalized spacial score (nSPS) is 27.8. The van der Waals surface area contributed by atoms with Crippen molar-refractivity contribution in [1.82, 2.24) is 0 Å². The van der Waals surface area contributed by atoms with Gasteiger partial charge in [0.1, 0.15) is 0 Å². The Bertz CT molecular complexity index is 388. The molecule has 1 fully saturated rings. The number of aryl methyl sites for hydroxylation is 1. The number of allylic oxidation sites excluding steroid dienone is 1. The summed E-state index contributed by atoms with van der Waals surface area (Å²) in [7, 11) is 0. The Morgan fingerprint density at radius 2 is 2.05 bits per heavy atom. The highest BCUT2D eigenvalue weighted by atomic mass is 35.5. The highest BCUT2D eigenvalue weighted by Crippen LogP contribution is 2.27. The molecule has 0 aliphatic carbocycles. The summed E-state index contributed by atoms with van der Waals surface area (Å²) in [6.45, 7) is 2.14. The molecule has 1 aromatic carbocycles. The molecule has 1 aliphatic rings. The first-order chi connectivity index (χ1) is 9.28. The van der Waals surface area contributed by atoms with Crippen LogP contribution in [0.15, 0.2) is 42.5 Å². The molecular formula is C17H23ClO. The Hall–Kier alpha value is -0.790. The van der Waals surface area contributed by atoms with Crippen LogP contribution in [0, 0.1) is 0 Å².